The van der Waals surface area contributed by atoms with E-state index < -0.39 is 11.6 Å². The number of aromatic nitrogens is 1. The van der Waals surface area contributed by atoms with Crippen molar-refractivity contribution in [2.45, 2.75) is 19.4 Å². The van der Waals surface area contributed by atoms with Crippen LogP contribution in [0.4, 0.5) is 14.6 Å². The van der Waals surface area contributed by atoms with E-state index in [2.05, 4.69) is 10.3 Å². The Balaban J connectivity index is 2.26. The summed E-state index contributed by atoms with van der Waals surface area (Å²) in [7, 11) is 0. The van der Waals surface area contributed by atoms with Crippen molar-refractivity contribution >= 4 is 5.82 Å². The number of anilines is 1. The molecule has 2 nitrogen and oxygen atoms in total. The topological polar surface area (TPSA) is 24.9 Å². The van der Waals surface area contributed by atoms with Crippen LogP contribution in [0.5, 0.6) is 0 Å². The van der Waals surface area contributed by atoms with Crippen LogP contribution in [0.1, 0.15) is 24.9 Å². The molecule has 1 unspecified atom stereocenters. The summed E-state index contributed by atoms with van der Waals surface area (Å²) in [5.74, 6) is -0.202. The van der Waals surface area contributed by atoms with E-state index in [0.717, 1.165) is 12.1 Å². The Morgan fingerprint density at radius 3 is 2.72 bits per heavy atom. The van der Waals surface area contributed by atoms with Crippen LogP contribution in [-0.4, -0.2) is 4.98 Å². The number of rotatable bonds is 4. The van der Waals surface area contributed by atoms with Crippen molar-refractivity contribution in [3.63, 3.8) is 0 Å². The third-order valence-electron chi connectivity index (χ3n) is 2.73. The van der Waals surface area contributed by atoms with Gasteiger partial charge in [0.2, 0.25) is 0 Å². The first kappa shape index (κ1) is 12.5. The highest BCUT2D eigenvalue weighted by molar-refractivity contribution is 5.38. The maximum atomic E-state index is 13.7. The number of hydrogen-bond acceptors (Lipinski definition) is 2. The van der Waals surface area contributed by atoms with Gasteiger partial charge in [-0.1, -0.05) is 13.0 Å². The first-order valence-electron chi connectivity index (χ1n) is 5.83. The molecule has 1 heterocycles. The number of pyridine rings is 1. The van der Waals surface area contributed by atoms with Crippen LogP contribution < -0.4 is 5.32 Å². The number of hydrogen-bond donors (Lipinski definition) is 1. The van der Waals surface area contributed by atoms with Crippen molar-refractivity contribution in [1.29, 1.82) is 0 Å². The van der Waals surface area contributed by atoms with E-state index >= 15 is 0 Å². The summed E-state index contributed by atoms with van der Waals surface area (Å²) in [6.45, 7) is 1.91. The summed E-state index contributed by atoms with van der Waals surface area (Å²) < 4.78 is 26.9. The summed E-state index contributed by atoms with van der Waals surface area (Å²) in [5.41, 5.74) is 0.322. The van der Waals surface area contributed by atoms with Crippen LogP contribution >= 0.6 is 0 Å². The molecule has 0 aliphatic carbocycles. The Morgan fingerprint density at radius 1 is 1.22 bits per heavy atom. The third kappa shape index (κ3) is 2.83. The highest BCUT2D eigenvalue weighted by Crippen LogP contribution is 2.24. The van der Waals surface area contributed by atoms with Crippen LogP contribution in [0.2, 0.25) is 0 Å². The number of nitrogens with zero attached hydrogens (tertiary/aromatic N) is 1. The fraction of sp³-hybridized carbons (Fsp3) is 0.214. The molecule has 2 rings (SSSR count). The second-order valence-corrected chi connectivity index (χ2v) is 3.99. The lowest BCUT2D eigenvalue weighted by atomic mass is 10.0. The first-order chi connectivity index (χ1) is 8.70. The van der Waals surface area contributed by atoms with Crippen LogP contribution in [0.15, 0.2) is 42.6 Å². The van der Waals surface area contributed by atoms with E-state index in [-0.39, 0.29) is 6.04 Å². The molecule has 1 aromatic carbocycles. The summed E-state index contributed by atoms with van der Waals surface area (Å²) in [4.78, 5) is 4.12. The normalized spacial score (nSPS) is 12.2. The Bertz CT molecular complexity index is 514. The summed E-state index contributed by atoms with van der Waals surface area (Å²) in [5, 5.41) is 3.10. The highest BCUT2D eigenvalue weighted by Gasteiger charge is 2.15. The average Bonchev–Trinajstić information content (AvgIpc) is 2.40. The van der Waals surface area contributed by atoms with Crippen molar-refractivity contribution in [1.82, 2.24) is 4.98 Å². The van der Waals surface area contributed by atoms with Gasteiger partial charge >= 0.3 is 0 Å². The van der Waals surface area contributed by atoms with E-state index in [4.69, 9.17) is 0 Å². The molecule has 94 valence electrons. The van der Waals surface area contributed by atoms with E-state index in [1.54, 1.807) is 18.3 Å². The molecule has 0 amide bonds. The SMILES string of the molecule is CCC(Nc1ccccn1)c1cc(F)ccc1F. The molecule has 0 aliphatic heterocycles. The molecule has 0 saturated carbocycles. The molecule has 18 heavy (non-hydrogen) atoms. The summed E-state index contributed by atoms with van der Waals surface area (Å²) in [6, 6.07) is 8.62. The molecule has 0 spiro atoms. The van der Waals surface area contributed by atoms with Crippen molar-refractivity contribution in [2.75, 3.05) is 5.32 Å². The monoisotopic (exact) mass is 248 g/mol. The van der Waals surface area contributed by atoms with Gasteiger partial charge in [-0.15, -0.1) is 0 Å². The smallest absolute Gasteiger partial charge is 0.128 e. The van der Waals surface area contributed by atoms with Crippen LogP contribution in [0, 0.1) is 11.6 Å². The molecule has 0 bridgehead atoms. The van der Waals surface area contributed by atoms with E-state index in [9.17, 15) is 8.78 Å². The van der Waals surface area contributed by atoms with Crippen molar-refractivity contribution in [2.24, 2.45) is 0 Å². The molecule has 1 N–H and O–H groups in total. The lowest BCUT2D eigenvalue weighted by Crippen LogP contribution is -2.12. The van der Waals surface area contributed by atoms with Gasteiger partial charge in [-0.2, -0.15) is 0 Å². The Hall–Kier alpha value is -1.97. The maximum Gasteiger partial charge on any atom is 0.128 e. The predicted octanol–water partition coefficient (Wildman–Crippen LogP) is 3.92. The van der Waals surface area contributed by atoms with Crippen molar-refractivity contribution in [3.05, 3.63) is 59.8 Å². The van der Waals surface area contributed by atoms with Gasteiger partial charge in [0.25, 0.3) is 0 Å². The third-order valence-corrected chi connectivity index (χ3v) is 2.73. The molecular weight excluding hydrogens is 234 g/mol. The maximum absolute atomic E-state index is 13.7. The Labute approximate surface area is 105 Å². The van der Waals surface area contributed by atoms with Crippen LogP contribution in [0.25, 0.3) is 0 Å². The second-order valence-electron chi connectivity index (χ2n) is 3.99. The highest BCUT2D eigenvalue weighted by atomic mass is 19.1. The van der Waals surface area contributed by atoms with Gasteiger partial charge in [-0.3, -0.25) is 0 Å². The Morgan fingerprint density at radius 2 is 2.06 bits per heavy atom. The minimum absolute atomic E-state index is 0.296. The van der Waals surface area contributed by atoms with Crippen molar-refractivity contribution < 1.29 is 8.78 Å². The number of halogens is 2. The zero-order chi connectivity index (χ0) is 13.0. The Kier molecular flexibility index (Phi) is 3.87. The molecule has 1 aromatic heterocycles. The van der Waals surface area contributed by atoms with Crippen molar-refractivity contribution in [3.8, 4) is 0 Å². The molecule has 0 saturated heterocycles. The first-order valence-corrected chi connectivity index (χ1v) is 5.83. The predicted molar refractivity (Wildman–Crippen MR) is 67.2 cm³/mol. The molecule has 0 fully saturated rings. The lowest BCUT2D eigenvalue weighted by molar-refractivity contribution is 0.566. The van der Waals surface area contributed by atoms with Gasteiger partial charge in [-0.25, -0.2) is 13.8 Å². The molecule has 2 aromatic rings. The lowest BCUT2D eigenvalue weighted by Gasteiger charge is -2.18. The van der Waals surface area contributed by atoms with Gasteiger partial charge in [0.05, 0.1) is 6.04 Å². The zero-order valence-electron chi connectivity index (χ0n) is 10.0. The second kappa shape index (κ2) is 5.58. The molecule has 0 radical (unpaired) electrons. The fourth-order valence-corrected chi connectivity index (χ4v) is 1.81. The summed E-state index contributed by atoms with van der Waals surface area (Å²) >= 11 is 0. The fourth-order valence-electron chi connectivity index (χ4n) is 1.81. The molecular formula is C14H14F2N2. The minimum atomic E-state index is -0.437. The largest absolute Gasteiger partial charge is 0.363 e. The number of benzene rings is 1. The quantitative estimate of drug-likeness (QED) is 0.887. The van der Waals surface area contributed by atoms with Crippen LogP contribution in [-0.2, 0) is 0 Å². The zero-order valence-corrected chi connectivity index (χ0v) is 10.0. The van der Waals surface area contributed by atoms with Gasteiger partial charge in [0, 0.05) is 11.8 Å². The van der Waals surface area contributed by atoms with E-state index in [1.165, 1.54) is 6.07 Å². The summed E-state index contributed by atoms with van der Waals surface area (Å²) in [6.07, 6.45) is 2.29. The van der Waals surface area contributed by atoms with Gasteiger partial charge in [-0.05, 0) is 36.8 Å². The molecule has 4 heteroatoms. The number of nitrogens with one attached hydrogen (secondary N) is 1. The van der Waals surface area contributed by atoms with E-state index in [1.807, 2.05) is 13.0 Å². The average molecular weight is 248 g/mol. The van der Waals surface area contributed by atoms with Gasteiger partial charge < -0.3 is 5.32 Å². The van der Waals surface area contributed by atoms with E-state index in [0.29, 0.717) is 17.8 Å². The molecule has 1 atom stereocenters. The minimum Gasteiger partial charge on any atom is -0.363 e. The molecule has 0 aliphatic rings. The van der Waals surface area contributed by atoms with Gasteiger partial charge in [0.1, 0.15) is 17.5 Å². The van der Waals surface area contributed by atoms with Gasteiger partial charge in [0.15, 0.2) is 0 Å². The standard InChI is InChI=1S/C14H14F2N2/c1-2-13(18-14-5-3-4-8-17-14)11-9-10(15)6-7-12(11)16/h3-9,13H,2H2,1H3,(H,17,18). The van der Waals surface area contributed by atoms with Crippen LogP contribution in [0.3, 0.4) is 0 Å².